The molecule has 1 aliphatic heterocycles. The van der Waals surface area contributed by atoms with E-state index in [9.17, 15) is 0 Å². The van der Waals surface area contributed by atoms with Crippen LogP contribution in [-0.2, 0) is 4.74 Å². The number of hydrogen-bond donors (Lipinski definition) is 0. The monoisotopic (exact) mass is 194 g/mol. The Morgan fingerprint density at radius 1 is 1.21 bits per heavy atom. The Labute approximate surface area is 87.5 Å². The molecule has 0 amide bonds. The fourth-order valence-corrected chi connectivity index (χ4v) is 3.32. The van der Waals surface area contributed by atoms with Gasteiger partial charge in [-0.3, -0.25) is 0 Å². The summed E-state index contributed by atoms with van der Waals surface area (Å²) in [7, 11) is 0. The van der Waals surface area contributed by atoms with Crippen molar-refractivity contribution in [2.24, 2.45) is 11.3 Å². The minimum absolute atomic E-state index is 0.000579. The van der Waals surface area contributed by atoms with E-state index in [1.807, 2.05) is 0 Å². The first kappa shape index (κ1) is 10.2. The Balaban J connectivity index is 2.29. The van der Waals surface area contributed by atoms with Crippen molar-refractivity contribution in [1.29, 1.82) is 0 Å². The van der Waals surface area contributed by atoms with Gasteiger partial charge in [0.15, 0.2) is 0 Å². The lowest BCUT2D eigenvalue weighted by atomic mass is 9.62. The van der Waals surface area contributed by atoms with Crippen LogP contribution >= 0.6 is 0 Å². The molecule has 80 valence electrons. The molecule has 14 heavy (non-hydrogen) atoms. The molecule has 0 aromatic carbocycles. The van der Waals surface area contributed by atoms with Gasteiger partial charge in [0.05, 0.1) is 11.7 Å². The van der Waals surface area contributed by atoms with Crippen molar-refractivity contribution in [3.05, 3.63) is 12.2 Å². The fraction of sp³-hybridized carbons (Fsp3) is 0.846. The average Bonchev–Trinajstić information content (AvgIpc) is 2.00. The zero-order valence-electron chi connectivity index (χ0n) is 9.84. The molecule has 2 unspecified atom stereocenters. The van der Waals surface area contributed by atoms with Gasteiger partial charge in [0.1, 0.15) is 0 Å². The van der Waals surface area contributed by atoms with Crippen LogP contribution in [0.1, 0.15) is 47.0 Å². The van der Waals surface area contributed by atoms with Crippen LogP contribution in [0.5, 0.6) is 0 Å². The predicted octanol–water partition coefficient (Wildman–Crippen LogP) is 3.55. The SMILES string of the molecule is CC1CC[C@@H]2C(C)(C)CC=CC2(C)O1. The van der Waals surface area contributed by atoms with Crippen LogP contribution < -0.4 is 0 Å². The van der Waals surface area contributed by atoms with Gasteiger partial charge in [-0.2, -0.15) is 0 Å². The van der Waals surface area contributed by atoms with E-state index in [0.29, 0.717) is 17.4 Å². The van der Waals surface area contributed by atoms with Crippen molar-refractivity contribution in [3.8, 4) is 0 Å². The van der Waals surface area contributed by atoms with E-state index in [-0.39, 0.29) is 5.60 Å². The van der Waals surface area contributed by atoms with Crippen LogP contribution in [0.3, 0.4) is 0 Å². The summed E-state index contributed by atoms with van der Waals surface area (Å²) >= 11 is 0. The molecule has 0 saturated carbocycles. The summed E-state index contributed by atoms with van der Waals surface area (Å²) in [5.74, 6) is 0.691. The number of allylic oxidation sites excluding steroid dienone is 1. The van der Waals surface area contributed by atoms with Crippen molar-refractivity contribution in [1.82, 2.24) is 0 Å². The zero-order valence-corrected chi connectivity index (χ0v) is 9.84. The van der Waals surface area contributed by atoms with Crippen molar-refractivity contribution in [2.75, 3.05) is 0 Å². The quantitative estimate of drug-likeness (QED) is 0.536. The van der Waals surface area contributed by atoms with E-state index >= 15 is 0 Å². The first-order valence-electron chi connectivity index (χ1n) is 5.79. The largest absolute Gasteiger partial charge is 0.368 e. The molecule has 0 aromatic heterocycles. The number of hydrogen-bond acceptors (Lipinski definition) is 1. The predicted molar refractivity (Wildman–Crippen MR) is 59.2 cm³/mol. The van der Waals surface area contributed by atoms with Crippen LogP contribution in [0, 0.1) is 11.3 Å². The summed E-state index contributed by atoms with van der Waals surface area (Å²) in [4.78, 5) is 0. The van der Waals surface area contributed by atoms with E-state index in [1.54, 1.807) is 0 Å². The Morgan fingerprint density at radius 2 is 1.93 bits per heavy atom. The molecule has 1 nitrogen and oxygen atoms in total. The lowest BCUT2D eigenvalue weighted by molar-refractivity contribution is -0.150. The normalized spacial score (nSPS) is 46.0. The van der Waals surface area contributed by atoms with Crippen molar-refractivity contribution in [2.45, 2.75) is 58.7 Å². The molecule has 0 N–H and O–H groups in total. The summed E-state index contributed by atoms with van der Waals surface area (Å²) in [5.41, 5.74) is 0.406. The van der Waals surface area contributed by atoms with Gasteiger partial charge >= 0.3 is 0 Å². The van der Waals surface area contributed by atoms with Gasteiger partial charge < -0.3 is 4.74 Å². The Bertz CT molecular complexity index is 254. The van der Waals surface area contributed by atoms with Gasteiger partial charge in [0.25, 0.3) is 0 Å². The highest BCUT2D eigenvalue weighted by Crippen LogP contribution is 2.49. The Kier molecular flexibility index (Phi) is 2.26. The second kappa shape index (κ2) is 3.10. The van der Waals surface area contributed by atoms with Crippen LogP contribution in [0.2, 0.25) is 0 Å². The summed E-state index contributed by atoms with van der Waals surface area (Å²) in [6, 6.07) is 0. The molecule has 1 heteroatoms. The third-order valence-electron chi connectivity index (χ3n) is 4.04. The van der Waals surface area contributed by atoms with E-state index in [4.69, 9.17) is 4.74 Å². The van der Waals surface area contributed by atoms with Crippen LogP contribution in [0.15, 0.2) is 12.2 Å². The minimum Gasteiger partial charge on any atom is -0.368 e. The lowest BCUT2D eigenvalue weighted by Gasteiger charge is -2.51. The number of rotatable bonds is 0. The average molecular weight is 194 g/mol. The number of ether oxygens (including phenoxy) is 1. The third-order valence-corrected chi connectivity index (χ3v) is 4.04. The molecule has 1 saturated heterocycles. The maximum absolute atomic E-state index is 6.13. The smallest absolute Gasteiger partial charge is 0.0871 e. The maximum Gasteiger partial charge on any atom is 0.0871 e. The highest BCUT2D eigenvalue weighted by atomic mass is 16.5. The van der Waals surface area contributed by atoms with E-state index in [0.717, 1.165) is 0 Å². The molecule has 0 aromatic rings. The topological polar surface area (TPSA) is 9.23 Å². The fourth-order valence-electron chi connectivity index (χ4n) is 3.32. The zero-order chi connectivity index (χ0) is 10.4. The van der Waals surface area contributed by atoms with E-state index in [2.05, 4.69) is 39.8 Å². The summed E-state index contributed by atoms with van der Waals surface area (Å²) in [5, 5.41) is 0. The van der Waals surface area contributed by atoms with Gasteiger partial charge in [-0.25, -0.2) is 0 Å². The first-order valence-corrected chi connectivity index (χ1v) is 5.79. The molecule has 2 rings (SSSR count). The molecule has 0 spiro atoms. The Hall–Kier alpha value is -0.300. The van der Waals surface area contributed by atoms with E-state index in [1.165, 1.54) is 19.3 Å². The van der Waals surface area contributed by atoms with Crippen LogP contribution in [0.4, 0.5) is 0 Å². The highest BCUT2D eigenvalue weighted by Gasteiger charge is 2.47. The molecule has 0 bridgehead atoms. The third kappa shape index (κ3) is 1.52. The number of fused-ring (bicyclic) bond motifs is 1. The molecule has 1 aliphatic carbocycles. The van der Waals surface area contributed by atoms with Gasteiger partial charge in [-0.1, -0.05) is 26.0 Å². The standard InChI is InChI=1S/C13H22O/c1-10-6-7-11-12(2,3)8-5-9-13(11,4)14-10/h5,9-11H,6-8H2,1-4H3/t10?,11-,13?/m1/s1. The second-order valence-electron chi connectivity index (χ2n) is 5.84. The molecule has 1 heterocycles. The van der Waals surface area contributed by atoms with Crippen LogP contribution in [0.25, 0.3) is 0 Å². The van der Waals surface area contributed by atoms with Crippen LogP contribution in [-0.4, -0.2) is 11.7 Å². The van der Waals surface area contributed by atoms with Gasteiger partial charge in [-0.05, 0) is 44.4 Å². The van der Waals surface area contributed by atoms with Crippen molar-refractivity contribution in [3.63, 3.8) is 0 Å². The van der Waals surface area contributed by atoms with Gasteiger partial charge in [0, 0.05) is 0 Å². The van der Waals surface area contributed by atoms with Gasteiger partial charge in [-0.15, -0.1) is 0 Å². The molecular weight excluding hydrogens is 172 g/mol. The summed E-state index contributed by atoms with van der Waals surface area (Å²) < 4.78 is 6.13. The lowest BCUT2D eigenvalue weighted by Crippen LogP contribution is -2.51. The molecule has 0 radical (unpaired) electrons. The van der Waals surface area contributed by atoms with Gasteiger partial charge in [0.2, 0.25) is 0 Å². The maximum atomic E-state index is 6.13. The minimum atomic E-state index is -0.000579. The first-order chi connectivity index (χ1) is 6.44. The Morgan fingerprint density at radius 3 is 2.64 bits per heavy atom. The summed E-state index contributed by atoms with van der Waals surface area (Å²) in [6.07, 6.45) is 8.75. The summed E-state index contributed by atoms with van der Waals surface area (Å²) in [6.45, 7) is 9.19. The molecule has 2 aliphatic rings. The van der Waals surface area contributed by atoms with Crippen molar-refractivity contribution < 1.29 is 4.74 Å². The van der Waals surface area contributed by atoms with E-state index < -0.39 is 0 Å². The molecule has 3 atom stereocenters. The molecule has 1 fully saturated rings. The highest BCUT2D eigenvalue weighted by molar-refractivity contribution is 5.14. The van der Waals surface area contributed by atoms with Crippen molar-refractivity contribution >= 4 is 0 Å². The second-order valence-corrected chi connectivity index (χ2v) is 5.84. The molecular formula is C13H22O.